The van der Waals surface area contributed by atoms with E-state index < -0.39 is 10.0 Å². The van der Waals surface area contributed by atoms with Crippen LogP contribution in [-0.4, -0.2) is 20.2 Å². The fourth-order valence-corrected chi connectivity index (χ4v) is 3.22. The van der Waals surface area contributed by atoms with Crippen LogP contribution in [0.4, 0.5) is 0 Å². The van der Waals surface area contributed by atoms with Gasteiger partial charge in [0.25, 0.3) is 0 Å². The maximum atomic E-state index is 12.3. The van der Waals surface area contributed by atoms with Crippen molar-refractivity contribution in [1.29, 1.82) is 0 Å². The van der Waals surface area contributed by atoms with Crippen LogP contribution in [0, 0.1) is 5.92 Å². The lowest BCUT2D eigenvalue weighted by molar-refractivity contribution is 0.0988. The van der Waals surface area contributed by atoms with E-state index >= 15 is 0 Å². The summed E-state index contributed by atoms with van der Waals surface area (Å²) < 4.78 is 27.3. The van der Waals surface area contributed by atoms with E-state index in [1.54, 1.807) is 19.1 Å². The number of sulfonamides is 1. The number of rotatable bonds is 7. The number of carbonyl (C=O) groups is 1. The van der Waals surface area contributed by atoms with Gasteiger partial charge in [-0.25, -0.2) is 13.1 Å². The highest BCUT2D eigenvalue weighted by atomic mass is 32.2. The van der Waals surface area contributed by atoms with Crippen molar-refractivity contribution in [1.82, 2.24) is 4.72 Å². The summed E-state index contributed by atoms with van der Waals surface area (Å²) in [5.74, 6) is 0.197. The molecule has 5 heteroatoms. The lowest BCUT2D eigenvalue weighted by atomic mass is 10.0. The van der Waals surface area contributed by atoms with Crippen LogP contribution in [-0.2, 0) is 10.0 Å². The van der Waals surface area contributed by atoms with Crippen LogP contribution in [0.1, 0.15) is 50.9 Å². The monoisotopic (exact) mass is 297 g/mol. The van der Waals surface area contributed by atoms with Crippen molar-refractivity contribution in [3.05, 3.63) is 29.8 Å². The minimum Gasteiger partial charge on any atom is -0.294 e. The third-order valence-electron chi connectivity index (χ3n) is 3.63. The van der Waals surface area contributed by atoms with Gasteiger partial charge in [0.2, 0.25) is 10.0 Å². The number of ketones is 1. The summed E-state index contributed by atoms with van der Waals surface area (Å²) in [5.41, 5.74) is 0.437. The molecular weight excluding hydrogens is 274 g/mol. The van der Waals surface area contributed by atoms with Gasteiger partial charge in [-0.3, -0.25) is 4.79 Å². The highest BCUT2D eigenvalue weighted by Crippen LogP contribution is 2.15. The summed E-state index contributed by atoms with van der Waals surface area (Å²) in [6.45, 7) is 7.64. The predicted octanol–water partition coefficient (Wildman–Crippen LogP) is 2.99. The zero-order chi connectivity index (χ0) is 15.3. The Hall–Kier alpha value is -1.20. The molecule has 0 spiro atoms. The zero-order valence-corrected chi connectivity index (χ0v) is 13.3. The molecule has 0 radical (unpaired) electrons. The first-order valence-electron chi connectivity index (χ1n) is 6.97. The number of benzene rings is 1. The summed E-state index contributed by atoms with van der Waals surface area (Å²) in [5, 5.41) is 0. The molecule has 0 saturated carbocycles. The summed E-state index contributed by atoms with van der Waals surface area (Å²) in [6, 6.07) is 6.06. The minimum absolute atomic E-state index is 0.0583. The molecule has 4 nitrogen and oxygen atoms in total. The van der Waals surface area contributed by atoms with Crippen molar-refractivity contribution in [3.8, 4) is 0 Å². The molecule has 2 unspecified atom stereocenters. The van der Waals surface area contributed by atoms with Gasteiger partial charge < -0.3 is 0 Å². The molecule has 2 atom stereocenters. The molecule has 0 aliphatic heterocycles. The van der Waals surface area contributed by atoms with Crippen LogP contribution < -0.4 is 4.72 Å². The second kappa shape index (κ2) is 6.99. The highest BCUT2D eigenvalue weighted by Gasteiger charge is 2.21. The van der Waals surface area contributed by atoms with Crippen LogP contribution in [0.2, 0.25) is 0 Å². The lowest BCUT2D eigenvalue weighted by Gasteiger charge is -2.20. The van der Waals surface area contributed by atoms with Gasteiger partial charge in [0.05, 0.1) is 4.90 Å². The van der Waals surface area contributed by atoms with E-state index in [0.29, 0.717) is 12.0 Å². The molecule has 1 rings (SSSR count). The first-order valence-corrected chi connectivity index (χ1v) is 8.45. The Kier molecular flexibility index (Phi) is 5.89. The van der Waals surface area contributed by atoms with Crippen molar-refractivity contribution in [2.24, 2.45) is 5.92 Å². The molecule has 0 saturated heterocycles. The molecule has 20 heavy (non-hydrogen) atoms. The molecule has 0 aliphatic rings. The number of carbonyl (C=O) groups excluding carboxylic acids is 1. The van der Waals surface area contributed by atoms with E-state index in [2.05, 4.69) is 4.72 Å². The van der Waals surface area contributed by atoms with Gasteiger partial charge in [-0.15, -0.1) is 0 Å². The average Bonchev–Trinajstić information content (AvgIpc) is 2.45. The molecule has 112 valence electrons. The third kappa shape index (κ3) is 4.15. The Morgan fingerprint density at radius 1 is 1.25 bits per heavy atom. The first-order chi connectivity index (χ1) is 9.31. The average molecular weight is 297 g/mol. The SMILES string of the molecule is CCC(=O)c1cccc(S(=O)(=O)NC(C)C(C)CC)c1. The highest BCUT2D eigenvalue weighted by molar-refractivity contribution is 7.89. The maximum Gasteiger partial charge on any atom is 0.240 e. The van der Waals surface area contributed by atoms with Crippen LogP contribution >= 0.6 is 0 Å². The Morgan fingerprint density at radius 3 is 2.45 bits per heavy atom. The van der Waals surface area contributed by atoms with Gasteiger partial charge in [0.1, 0.15) is 0 Å². The fourth-order valence-electron chi connectivity index (χ4n) is 1.82. The summed E-state index contributed by atoms with van der Waals surface area (Å²) in [4.78, 5) is 11.8. The molecular formula is C15H23NO3S. The largest absolute Gasteiger partial charge is 0.294 e. The minimum atomic E-state index is -3.58. The molecule has 0 bridgehead atoms. The fraction of sp³-hybridized carbons (Fsp3) is 0.533. The Labute approximate surface area is 121 Å². The molecule has 0 aromatic heterocycles. The molecule has 1 aromatic rings. The van der Waals surface area contributed by atoms with Crippen LogP contribution in [0.3, 0.4) is 0 Å². The van der Waals surface area contributed by atoms with E-state index in [0.717, 1.165) is 6.42 Å². The predicted molar refractivity (Wildman–Crippen MR) is 80.3 cm³/mol. The molecule has 1 N–H and O–H groups in total. The van der Waals surface area contributed by atoms with E-state index in [4.69, 9.17) is 0 Å². The van der Waals surface area contributed by atoms with E-state index in [-0.39, 0.29) is 22.6 Å². The van der Waals surface area contributed by atoms with Gasteiger partial charge >= 0.3 is 0 Å². The number of hydrogen-bond donors (Lipinski definition) is 1. The van der Waals surface area contributed by atoms with Crippen LogP contribution in [0.5, 0.6) is 0 Å². The zero-order valence-electron chi connectivity index (χ0n) is 12.5. The van der Waals surface area contributed by atoms with Gasteiger partial charge in [-0.05, 0) is 25.0 Å². The van der Waals surface area contributed by atoms with Crippen LogP contribution in [0.15, 0.2) is 29.2 Å². The Balaban J connectivity index is 3.01. The van der Waals surface area contributed by atoms with Gasteiger partial charge in [-0.2, -0.15) is 0 Å². The van der Waals surface area contributed by atoms with Crippen molar-refractivity contribution in [2.75, 3.05) is 0 Å². The third-order valence-corrected chi connectivity index (χ3v) is 5.18. The summed E-state index contributed by atoms with van der Waals surface area (Å²) in [6.07, 6.45) is 1.26. The van der Waals surface area contributed by atoms with Gasteiger partial charge in [0, 0.05) is 18.0 Å². The molecule has 0 fully saturated rings. The second-order valence-electron chi connectivity index (χ2n) is 5.10. The van der Waals surface area contributed by atoms with E-state index in [1.165, 1.54) is 12.1 Å². The lowest BCUT2D eigenvalue weighted by Crippen LogP contribution is -2.36. The summed E-state index contributed by atoms with van der Waals surface area (Å²) in [7, 11) is -3.58. The summed E-state index contributed by atoms with van der Waals surface area (Å²) >= 11 is 0. The van der Waals surface area contributed by atoms with Crippen LogP contribution in [0.25, 0.3) is 0 Å². The van der Waals surface area contributed by atoms with Crippen molar-refractivity contribution in [2.45, 2.75) is 51.5 Å². The molecule has 1 aromatic carbocycles. The molecule has 0 heterocycles. The first kappa shape index (κ1) is 16.9. The van der Waals surface area contributed by atoms with Crippen molar-refractivity contribution < 1.29 is 13.2 Å². The van der Waals surface area contributed by atoms with Gasteiger partial charge in [-0.1, -0.05) is 39.3 Å². The number of hydrogen-bond acceptors (Lipinski definition) is 3. The topological polar surface area (TPSA) is 63.2 Å². The molecule has 0 amide bonds. The number of Topliss-reactive ketones (excluding diaryl/α,β-unsaturated/α-hetero) is 1. The van der Waals surface area contributed by atoms with E-state index in [9.17, 15) is 13.2 Å². The Bertz CT molecular complexity index is 566. The quantitative estimate of drug-likeness (QED) is 0.787. The normalized spacial score (nSPS) is 14.8. The van der Waals surface area contributed by atoms with Crippen molar-refractivity contribution in [3.63, 3.8) is 0 Å². The number of nitrogens with one attached hydrogen (secondary N) is 1. The maximum absolute atomic E-state index is 12.3. The second-order valence-corrected chi connectivity index (χ2v) is 6.81. The van der Waals surface area contributed by atoms with E-state index in [1.807, 2.05) is 20.8 Å². The van der Waals surface area contributed by atoms with Crippen molar-refractivity contribution >= 4 is 15.8 Å². The Morgan fingerprint density at radius 2 is 1.90 bits per heavy atom. The standard InChI is InChI=1S/C15H23NO3S/c1-5-11(3)12(4)16-20(18,19)14-9-7-8-13(10-14)15(17)6-2/h7-12,16H,5-6H2,1-4H3. The smallest absolute Gasteiger partial charge is 0.240 e. The molecule has 0 aliphatic carbocycles. The van der Waals surface area contributed by atoms with Gasteiger partial charge in [0.15, 0.2) is 5.78 Å².